The predicted octanol–water partition coefficient (Wildman–Crippen LogP) is 3.19. The number of amides is 1. The van der Waals surface area contributed by atoms with Gasteiger partial charge in [0.15, 0.2) is 0 Å². The first kappa shape index (κ1) is 19.7. The first-order valence-corrected chi connectivity index (χ1v) is 10.0. The second-order valence-electron chi connectivity index (χ2n) is 7.25. The summed E-state index contributed by atoms with van der Waals surface area (Å²) in [5, 5.41) is 4.11. The number of benzene rings is 1. The minimum atomic E-state index is -0.0549. The molecule has 1 saturated heterocycles. The van der Waals surface area contributed by atoms with Crippen LogP contribution in [0.1, 0.15) is 23.2 Å². The molecule has 7 heteroatoms. The van der Waals surface area contributed by atoms with Gasteiger partial charge in [-0.1, -0.05) is 12.1 Å². The van der Waals surface area contributed by atoms with Gasteiger partial charge in [-0.15, -0.1) is 0 Å². The van der Waals surface area contributed by atoms with Gasteiger partial charge in [-0.25, -0.2) is 0 Å². The Morgan fingerprint density at radius 2 is 2.00 bits per heavy atom. The number of rotatable bonds is 4. The molecular formula is C23H25N5O2. The van der Waals surface area contributed by atoms with Crippen molar-refractivity contribution < 1.29 is 9.21 Å². The monoisotopic (exact) mass is 403 g/mol. The van der Waals surface area contributed by atoms with Crippen LogP contribution in [0.5, 0.6) is 0 Å². The maximum absolute atomic E-state index is 12.7. The Balaban J connectivity index is 1.39. The van der Waals surface area contributed by atoms with Gasteiger partial charge in [0.1, 0.15) is 11.4 Å². The molecule has 0 aliphatic carbocycles. The SMILES string of the molecule is CN=C(C=CN)N1CCC(NC(=O)c2ccc(-c3nccc4occc34)cc2)CC1. The van der Waals surface area contributed by atoms with E-state index in [2.05, 4.69) is 20.2 Å². The third-order valence-corrected chi connectivity index (χ3v) is 5.43. The summed E-state index contributed by atoms with van der Waals surface area (Å²) in [6.45, 7) is 1.67. The number of furan rings is 1. The van der Waals surface area contributed by atoms with Gasteiger partial charge in [0.05, 0.1) is 12.0 Å². The van der Waals surface area contributed by atoms with E-state index < -0.39 is 0 Å². The van der Waals surface area contributed by atoms with Gasteiger partial charge in [0.2, 0.25) is 0 Å². The summed E-state index contributed by atoms with van der Waals surface area (Å²) < 4.78 is 5.44. The van der Waals surface area contributed by atoms with E-state index in [1.165, 1.54) is 6.20 Å². The number of nitrogens with two attached hydrogens (primary N) is 1. The number of hydrogen-bond acceptors (Lipinski definition) is 5. The topological polar surface area (TPSA) is 96.8 Å². The third kappa shape index (κ3) is 4.05. The third-order valence-electron chi connectivity index (χ3n) is 5.43. The van der Waals surface area contributed by atoms with Gasteiger partial charge < -0.3 is 20.4 Å². The average molecular weight is 403 g/mol. The summed E-state index contributed by atoms with van der Waals surface area (Å²) in [4.78, 5) is 23.6. The molecule has 1 aliphatic heterocycles. The number of fused-ring (bicyclic) bond motifs is 1. The van der Waals surface area contributed by atoms with Crippen LogP contribution >= 0.6 is 0 Å². The lowest BCUT2D eigenvalue weighted by Gasteiger charge is -2.33. The summed E-state index contributed by atoms with van der Waals surface area (Å²) in [5.41, 5.74) is 8.72. The average Bonchev–Trinajstić information content (AvgIpc) is 3.27. The smallest absolute Gasteiger partial charge is 0.251 e. The summed E-state index contributed by atoms with van der Waals surface area (Å²) in [6.07, 6.45) is 8.43. The van der Waals surface area contributed by atoms with Crippen LogP contribution in [-0.4, -0.2) is 47.8 Å². The van der Waals surface area contributed by atoms with Crippen molar-refractivity contribution >= 4 is 22.7 Å². The molecule has 0 radical (unpaired) electrons. The van der Waals surface area contributed by atoms with Crippen LogP contribution in [0, 0.1) is 0 Å². The zero-order chi connectivity index (χ0) is 20.9. The first-order chi connectivity index (χ1) is 14.7. The van der Waals surface area contributed by atoms with E-state index in [4.69, 9.17) is 10.2 Å². The summed E-state index contributed by atoms with van der Waals surface area (Å²) in [6, 6.07) is 11.4. The van der Waals surface area contributed by atoms with Crippen molar-refractivity contribution in [2.24, 2.45) is 10.7 Å². The van der Waals surface area contributed by atoms with Crippen LogP contribution in [0.15, 0.2) is 70.5 Å². The molecule has 0 spiro atoms. The van der Waals surface area contributed by atoms with E-state index in [1.54, 1.807) is 25.6 Å². The number of aromatic nitrogens is 1. The number of carbonyl (C=O) groups is 1. The van der Waals surface area contributed by atoms with Crippen molar-refractivity contribution in [2.45, 2.75) is 18.9 Å². The van der Waals surface area contributed by atoms with Crippen LogP contribution in [0.4, 0.5) is 0 Å². The highest BCUT2D eigenvalue weighted by Gasteiger charge is 2.22. The minimum Gasteiger partial charge on any atom is -0.464 e. The number of carbonyl (C=O) groups excluding carboxylic acids is 1. The van der Waals surface area contributed by atoms with E-state index in [0.29, 0.717) is 5.56 Å². The molecule has 154 valence electrons. The standard InChI is InChI=1S/C23H25N5O2/c1-25-21(6-11-24)28-13-8-18(9-14-28)27-23(29)17-4-2-16(3-5-17)22-19-10-15-30-20(19)7-12-26-22/h2-7,10-12,15,18H,8-9,13-14,24H2,1H3,(H,27,29). The van der Waals surface area contributed by atoms with Crippen molar-refractivity contribution in [3.8, 4) is 11.3 Å². The van der Waals surface area contributed by atoms with Crippen LogP contribution in [0.2, 0.25) is 0 Å². The highest BCUT2D eigenvalue weighted by Crippen LogP contribution is 2.27. The molecule has 4 rings (SSSR count). The predicted molar refractivity (Wildman–Crippen MR) is 118 cm³/mol. The van der Waals surface area contributed by atoms with Crippen molar-refractivity contribution in [1.29, 1.82) is 0 Å². The molecule has 1 fully saturated rings. The Morgan fingerprint density at radius 3 is 2.70 bits per heavy atom. The van der Waals surface area contributed by atoms with E-state index in [1.807, 2.05) is 36.4 Å². The fourth-order valence-electron chi connectivity index (χ4n) is 3.83. The maximum Gasteiger partial charge on any atom is 0.251 e. The molecule has 0 saturated carbocycles. The Hall–Kier alpha value is -3.61. The number of piperidine rings is 1. The summed E-state index contributed by atoms with van der Waals surface area (Å²) >= 11 is 0. The molecule has 3 aromatic rings. The normalized spacial score (nSPS) is 15.8. The lowest BCUT2D eigenvalue weighted by atomic mass is 10.0. The zero-order valence-electron chi connectivity index (χ0n) is 16.9. The number of aliphatic imine (C=N–C) groups is 1. The molecule has 0 bridgehead atoms. The number of pyridine rings is 1. The highest BCUT2D eigenvalue weighted by atomic mass is 16.3. The molecule has 1 aliphatic rings. The molecular weight excluding hydrogens is 378 g/mol. The fraction of sp³-hybridized carbons (Fsp3) is 0.261. The number of likely N-dealkylation sites (tertiary alicyclic amines) is 1. The van der Waals surface area contributed by atoms with Crippen LogP contribution in [0.25, 0.3) is 22.2 Å². The molecule has 30 heavy (non-hydrogen) atoms. The van der Waals surface area contributed by atoms with Crippen LogP contribution < -0.4 is 11.1 Å². The van der Waals surface area contributed by atoms with Gasteiger partial charge >= 0.3 is 0 Å². The minimum absolute atomic E-state index is 0.0549. The largest absolute Gasteiger partial charge is 0.464 e. The van der Waals surface area contributed by atoms with Gasteiger partial charge in [0, 0.05) is 48.9 Å². The van der Waals surface area contributed by atoms with Gasteiger partial charge in [-0.3, -0.25) is 14.8 Å². The quantitative estimate of drug-likeness (QED) is 0.515. The summed E-state index contributed by atoms with van der Waals surface area (Å²) in [7, 11) is 1.76. The molecule has 1 aromatic carbocycles. The van der Waals surface area contributed by atoms with Crippen LogP contribution in [-0.2, 0) is 0 Å². The van der Waals surface area contributed by atoms with E-state index in [-0.39, 0.29) is 11.9 Å². The Labute approximate surface area is 175 Å². The Bertz CT molecular complexity index is 1080. The van der Waals surface area contributed by atoms with E-state index in [9.17, 15) is 4.79 Å². The van der Waals surface area contributed by atoms with E-state index in [0.717, 1.165) is 54.0 Å². The number of nitrogens with zero attached hydrogens (tertiary/aromatic N) is 3. The number of hydrogen-bond donors (Lipinski definition) is 2. The summed E-state index contributed by atoms with van der Waals surface area (Å²) in [5.74, 6) is 0.819. The van der Waals surface area contributed by atoms with Crippen LogP contribution in [0.3, 0.4) is 0 Å². The van der Waals surface area contributed by atoms with Crippen molar-refractivity contribution in [3.63, 3.8) is 0 Å². The Morgan fingerprint density at radius 1 is 1.23 bits per heavy atom. The first-order valence-electron chi connectivity index (χ1n) is 10.0. The Kier molecular flexibility index (Phi) is 5.79. The maximum atomic E-state index is 12.7. The van der Waals surface area contributed by atoms with Crippen molar-refractivity contribution in [3.05, 3.63) is 66.7 Å². The second-order valence-corrected chi connectivity index (χ2v) is 7.25. The molecule has 3 heterocycles. The molecule has 3 N–H and O–H groups in total. The van der Waals surface area contributed by atoms with Crippen molar-refractivity contribution in [1.82, 2.24) is 15.2 Å². The van der Waals surface area contributed by atoms with E-state index >= 15 is 0 Å². The number of nitrogens with one attached hydrogen (secondary N) is 1. The van der Waals surface area contributed by atoms with Gasteiger partial charge in [-0.2, -0.15) is 0 Å². The second kappa shape index (κ2) is 8.82. The number of amidine groups is 1. The molecule has 2 aromatic heterocycles. The van der Waals surface area contributed by atoms with Gasteiger partial charge in [-0.05, 0) is 49.4 Å². The lowest BCUT2D eigenvalue weighted by Crippen LogP contribution is -2.46. The molecule has 0 atom stereocenters. The highest BCUT2D eigenvalue weighted by molar-refractivity contribution is 5.96. The fourth-order valence-corrected chi connectivity index (χ4v) is 3.83. The molecule has 7 nitrogen and oxygen atoms in total. The molecule has 0 unspecified atom stereocenters. The van der Waals surface area contributed by atoms with Gasteiger partial charge in [0.25, 0.3) is 5.91 Å². The lowest BCUT2D eigenvalue weighted by molar-refractivity contribution is 0.0922. The zero-order valence-corrected chi connectivity index (χ0v) is 16.9. The molecule has 1 amide bonds. The van der Waals surface area contributed by atoms with Crippen molar-refractivity contribution in [2.75, 3.05) is 20.1 Å².